The second-order valence-electron chi connectivity index (χ2n) is 3.15. The van der Waals surface area contributed by atoms with Crippen molar-refractivity contribution >= 4 is 10.9 Å². The molecular weight excluding hydrogens is 176 g/mol. The predicted octanol–water partition coefficient (Wildman–Crippen LogP) is 1.77. The maximum Gasteiger partial charge on any atom is 0.128 e. The molecule has 0 amide bonds. The highest BCUT2D eigenvalue weighted by atomic mass is 16.5. The number of ether oxygens (including phenoxy) is 1. The van der Waals surface area contributed by atoms with Crippen LogP contribution in [0.4, 0.5) is 0 Å². The summed E-state index contributed by atoms with van der Waals surface area (Å²) in [5.41, 5.74) is 1.12. The van der Waals surface area contributed by atoms with Gasteiger partial charge in [0.25, 0.3) is 0 Å². The van der Waals surface area contributed by atoms with Crippen molar-refractivity contribution in [3.63, 3.8) is 0 Å². The van der Waals surface area contributed by atoms with Crippen LogP contribution >= 0.6 is 0 Å². The molecule has 0 saturated heterocycles. The van der Waals surface area contributed by atoms with E-state index in [2.05, 4.69) is 10.3 Å². The van der Waals surface area contributed by atoms with Crippen molar-refractivity contribution in [2.75, 3.05) is 20.2 Å². The van der Waals surface area contributed by atoms with Crippen LogP contribution in [-0.4, -0.2) is 25.2 Å². The molecule has 0 fully saturated rings. The fourth-order valence-corrected chi connectivity index (χ4v) is 1.45. The van der Waals surface area contributed by atoms with Gasteiger partial charge in [0, 0.05) is 23.6 Å². The number of rotatable bonds is 4. The molecule has 14 heavy (non-hydrogen) atoms. The molecular formula is C11H14N2O. The van der Waals surface area contributed by atoms with Gasteiger partial charge in [-0.25, -0.2) is 0 Å². The van der Waals surface area contributed by atoms with Crippen LogP contribution in [0.1, 0.15) is 0 Å². The molecule has 0 aliphatic heterocycles. The number of aromatic nitrogens is 1. The second-order valence-corrected chi connectivity index (χ2v) is 3.15. The third-order valence-electron chi connectivity index (χ3n) is 2.16. The highest BCUT2D eigenvalue weighted by Crippen LogP contribution is 2.23. The van der Waals surface area contributed by atoms with E-state index in [0.717, 1.165) is 23.2 Å². The zero-order chi connectivity index (χ0) is 9.80. The zero-order valence-electron chi connectivity index (χ0n) is 8.21. The van der Waals surface area contributed by atoms with Gasteiger partial charge in [0.2, 0.25) is 0 Å². The van der Waals surface area contributed by atoms with Crippen molar-refractivity contribution in [2.45, 2.75) is 0 Å². The van der Waals surface area contributed by atoms with Crippen LogP contribution in [0.5, 0.6) is 5.75 Å². The summed E-state index contributed by atoms with van der Waals surface area (Å²) in [6.07, 6.45) is 1.93. The van der Waals surface area contributed by atoms with Gasteiger partial charge in [-0.1, -0.05) is 6.07 Å². The first-order chi connectivity index (χ1) is 6.92. The minimum absolute atomic E-state index is 0.695. The summed E-state index contributed by atoms with van der Waals surface area (Å²) >= 11 is 0. The Kier molecular flexibility index (Phi) is 2.70. The van der Waals surface area contributed by atoms with Gasteiger partial charge < -0.3 is 15.0 Å². The number of aromatic amines is 1. The first-order valence-electron chi connectivity index (χ1n) is 4.75. The molecule has 3 nitrogen and oxygen atoms in total. The summed E-state index contributed by atoms with van der Waals surface area (Å²) in [7, 11) is 1.92. The van der Waals surface area contributed by atoms with Crippen LogP contribution in [0.3, 0.4) is 0 Å². The lowest BCUT2D eigenvalue weighted by Gasteiger charge is -2.06. The lowest BCUT2D eigenvalue weighted by molar-refractivity contribution is 0.322. The Bertz CT molecular complexity index is 408. The Hall–Kier alpha value is -1.48. The summed E-state index contributed by atoms with van der Waals surface area (Å²) in [6, 6.07) is 8.06. The molecule has 2 N–H and O–H groups in total. The van der Waals surface area contributed by atoms with Crippen molar-refractivity contribution < 1.29 is 4.74 Å². The first-order valence-corrected chi connectivity index (χ1v) is 4.75. The van der Waals surface area contributed by atoms with Crippen molar-refractivity contribution in [1.82, 2.24) is 10.3 Å². The van der Waals surface area contributed by atoms with Gasteiger partial charge in [-0.05, 0) is 25.2 Å². The van der Waals surface area contributed by atoms with Crippen LogP contribution < -0.4 is 10.1 Å². The topological polar surface area (TPSA) is 37.0 Å². The first kappa shape index (κ1) is 9.09. The van der Waals surface area contributed by atoms with E-state index in [-0.39, 0.29) is 0 Å². The van der Waals surface area contributed by atoms with Gasteiger partial charge in [0.05, 0.1) is 0 Å². The Morgan fingerprint density at radius 1 is 1.36 bits per heavy atom. The van der Waals surface area contributed by atoms with Crippen molar-refractivity contribution in [2.24, 2.45) is 0 Å². The van der Waals surface area contributed by atoms with E-state index >= 15 is 0 Å². The van der Waals surface area contributed by atoms with Crippen molar-refractivity contribution in [3.05, 3.63) is 30.5 Å². The van der Waals surface area contributed by atoms with Crippen LogP contribution in [0, 0.1) is 0 Å². The van der Waals surface area contributed by atoms with Gasteiger partial charge in [-0.15, -0.1) is 0 Å². The summed E-state index contributed by atoms with van der Waals surface area (Å²) in [4.78, 5) is 3.15. The highest BCUT2D eigenvalue weighted by Gasteiger charge is 2.01. The normalized spacial score (nSPS) is 10.6. The number of hydrogen-bond donors (Lipinski definition) is 2. The van der Waals surface area contributed by atoms with E-state index in [9.17, 15) is 0 Å². The lowest BCUT2D eigenvalue weighted by atomic mass is 10.2. The molecule has 2 aromatic rings. The second kappa shape index (κ2) is 4.15. The van der Waals surface area contributed by atoms with Gasteiger partial charge >= 0.3 is 0 Å². The van der Waals surface area contributed by atoms with Gasteiger partial charge in [-0.3, -0.25) is 0 Å². The van der Waals surface area contributed by atoms with E-state index < -0.39 is 0 Å². The van der Waals surface area contributed by atoms with E-state index in [4.69, 9.17) is 4.74 Å². The number of likely N-dealkylation sites (N-methyl/N-ethyl adjacent to an activating group) is 1. The maximum atomic E-state index is 5.64. The fourth-order valence-electron chi connectivity index (χ4n) is 1.45. The molecule has 0 unspecified atom stereocenters. The molecule has 0 atom stereocenters. The van der Waals surface area contributed by atoms with E-state index in [1.54, 1.807) is 0 Å². The number of benzene rings is 1. The average molecular weight is 190 g/mol. The monoisotopic (exact) mass is 190 g/mol. The van der Waals surface area contributed by atoms with E-state index in [0.29, 0.717) is 6.61 Å². The zero-order valence-corrected chi connectivity index (χ0v) is 8.21. The molecule has 1 aromatic heterocycles. The number of fused-ring (bicyclic) bond motifs is 1. The predicted molar refractivity (Wildman–Crippen MR) is 57.7 cm³/mol. The molecule has 0 aliphatic rings. The van der Waals surface area contributed by atoms with E-state index in [1.807, 2.05) is 37.5 Å². The smallest absolute Gasteiger partial charge is 0.128 e. The summed E-state index contributed by atoms with van der Waals surface area (Å²) in [6.45, 7) is 1.56. The SMILES string of the molecule is CNCCOc1cccc2[nH]ccc12. The van der Waals surface area contributed by atoms with Gasteiger partial charge in [0.1, 0.15) is 12.4 Å². The van der Waals surface area contributed by atoms with Crippen molar-refractivity contribution in [1.29, 1.82) is 0 Å². The third-order valence-corrected chi connectivity index (χ3v) is 2.16. The number of H-pyrrole nitrogens is 1. The highest BCUT2D eigenvalue weighted by molar-refractivity contribution is 5.85. The largest absolute Gasteiger partial charge is 0.492 e. The molecule has 3 heteroatoms. The number of nitrogens with one attached hydrogen (secondary N) is 2. The summed E-state index contributed by atoms with van der Waals surface area (Å²) < 4.78 is 5.64. The van der Waals surface area contributed by atoms with Crippen LogP contribution in [0.25, 0.3) is 10.9 Å². The van der Waals surface area contributed by atoms with Crippen LogP contribution in [0.15, 0.2) is 30.5 Å². The van der Waals surface area contributed by atoms with Gasteiger partial charge in [-0.2, -0.15) is 0 Å². The van der Waals surface area contributed by atoms with Crippen molar-refractivity contribution in [3.8, 4) is 5.75 Å². The molecule has 1 aromatic carbocycles. The quantitative estimate of drug-likeness (QED) is 0.721. The maximum absolute atomic E-state index is 5.64. The van der Waals surface area contributed by atoms with Crippen LogP contribution in [-0.2, 0) is 0 Å². The molecule has 2 rings (SSSR count). The lowest BCUT2D eigenvalue weighted by Crippen LogP contribution is -2.15. The Morgan fingerprint density at radius 2 is 2.29 bits per heavy atom. The standard InChI is InChI=1S/C11H14N2O/c1-12-7-8-14-11-4-2-3-10-9(11)5-6-13-10/h2-6,12-13H,7-8H2,1H3. The third kappa shape index (κ3) is 1.72. The number of hydrogen-bond acceptors (Lipinski definition) is 2. The molecule has 0 radical (unpaired) electrons. The molecule has 0 bridgehead atoms. The average Bonchev–Trinajstić information content (AvgIpc) is 2.67. The Morgan fingerprint density at radius 3 is 3.14 bits per heavy atom. The summed E-state index contributed by atoms with van der Waals surface area (Å²) in [5.74, 6) is 0.944. The minimum Gasteiger partial charge on any atom is -0.492 e. The molecule has 74 valence electrons. The Labute approximate surface area is 83.1 Å². The van der Waals surface area contributed by atoms with E-state index in [1.165, 1.54) is 0 Å². The fraction of sp³-hybridized carbons (Fsp3) is 0.273. The molecule has 0 aliphatic carbocycles. The molecule has 1 heterocycles. The molecule has 0 spiro atoms. The van der Waals surface area contributed by atoms with Crippen LogP contribution in [0.2, 0.25) is 0 Å². The van der Waals surface area contributed by atoms with Gasteiger partial charge in [0.15, 0.2) is 0 Å². The molecule has 0 saturated carbocycles. The summed E-state index contributed by atoms with van der Waals surface area (Å²) in [5, 5.41) is 4.19. The Balaban J connectivity index is 2.19. The minimum atomic E-state index is 0.695.